The van der Waals surface area contributed by atoms with E-state index < -0.39 is 6.61 Å². The summed E-state index contributed by atoms with van der Waals surface area (Å²) in [6.45, 7) is 3.86. The van der Waals surface area contributed by atoms with Gasteiger partial charge >= 0.3 is 6.61 Å². The number of anilines is 2. The van der Waals surface area contributed by atoms with E-state index >= 15 is 0 Å². The zero-order valence-electron chi connectivity index (χ0n) is 30.1. The van der Waals surface area contributed by atoms with Gasteiger partial charge in [-0.1, -0.05) is 35.3 Å². The lowest BCUT2D eigenvalue weighted by molar-refractivity contribution is -0.0498. The number of ether oxygens (including phenoxy) is 4. The van der Waals surface area contributed by atoms with Crippen molar-refractivity contribution < 1.29 is 37.3 Å². The van der Waals surface area contributed by atoms with Crippen LogP contribution in [0.4, 0.5) is 20.2 Å². The van der Waals surface area contributed by atoms with Gasteiger partial charge < -0.3 is 40.2 Å². The summed E-state index contributed by atoms with van der Waals surface area (Å²) in [5.74, 6) is -0.0793. The number of nitrogens with one attached hydrogen (secondary N) is 4. The summed E-state index contributed by atoms with van der Waals surface area (Å²) in [4.78, 5) is 29.0. The van der Waals surface area contributed by atoms with Crippen molar-refractivity contribution in [2.75, 3.05) is 56.6 Å². The third-order valence-electron chi connectivity index (χ3n) is 8.53. The van der Waals surface area contributed by atoms with Crippen molar-refractivity contribution in [3.8, 4) is 17.3 Å². The fourth-order valence-electron chi connectivity index (χ4n) is 5.78. The number of halogens is 4. The van der Waals surface area contributed by atoms with Crippen molar-refractivity contribution in [2.24, 2.45) is 0 Å². The number of hydrogen-bond donors (Lipinski definition) is 4. The summed E-state index contributed by atoms with van der Waals surface area (Å²) >= 11 is 12.7. The van der Waals surface area contributed by atoms with Crippen molar-refractivity contribution in [1.82, 2.24) is 25.4 Å². The number of benzene rings is 3. The Morgan fingerprint density at radius 3 is 1.91 bits per heavy atom. The minimum atomic E-state index is -2.89. The van der Waals surface area contributed by atoms with E-state index in [9.17, 15) is 18.4 Å². The number of amides is 2. The molecule has 2 amide bonds. The molecule has 3 aromatic carbocycles. The lowest BCUT2D eigenvalue weighted by atomic mass is 10.1. The van der Waals surface area contributed by atoms with Crippen LogP contribution in [0.3, 0.4) is 0 Å². The van der Waals surface area contributed by atoms with Gasteiger partial charge in [-0.3, -0.25) is 9.59 Å². The Balaban J connectivity index is 0.000000194. The molecule has 0 unspecified atom stereocenters. The molecule has 0 saturated carbocycles. The number of carbonyl (C=O) groups is 2. The molecule has 294 valence electrons. The van der Waals surface area contributed by atoms with E-state index in [0.29, 0.717) is 70.5 Å². The molecule has 0 radical (unpaired) electrons. The second-order valence-electron chi connectivity index (χ2n) is 12.4. The van der Waals surface area contributed by atoms with Gasteiger partial charge in [-0.2, -0.15) is 13.9 Å². The summed E-state index contributed by atoms with van der Waals surface area (Å²) < 4.78 is 47.0. The van der Waals surface area contributed by atoms with E-state index in [4.69, 9.17) is 37.4 Å². The van der Waals surface area contributed by atoms with Crippen LogP contribution in [-0.2, 0) is 9.47 Å². The van der Waals surface area contributed by atoms with Gasteiger partial charge in [0.25, 0.3) is 11.8 Å². The molecule has 2 atom stereocenters. The van der Waals surface area contributed by atoms with Gasteiger partial charge in [0.15, 0.2) is 0 Å². The Labute approximate surface area is 331 Å². The first kappa shape index (κ1) is 40.5. The molecule has 4 heterocycles. The van der Waals surface area contributed by atoms with Crippen molar-refractivity contribution >= 4 is 46.4 Å². The Kier molecular flexibility index (Phi) is 14.2. The van der Waals surface area contributed by atoms with Crippen LogP contribution in [0.5, 0.6) is 11.6 Å². The Hall–Kier alpha value is -5.16. The van der Waals surface area contributed by atoms with E-state index in [1.165, 1.54) is 35.4 Å². The highest BCUT2D eigenvalue weighted by molar-refractivity contribution is 6.32. The topological polar surface area (TPSA) is 150 Å². The average molecular weight is 811 g/mol. The molecule has 2 aromatic heterocycles. The highest BCUT2D eigenvalue weighted by atomic mass is 35.5. The maximum atomic E-state index is 12.6. The molecule has 0 aliphatic carbocycles. The smallest absolute Gasteiger partial charge is 0.387 e. The highest BCUT2D eigenvalue weighted by Gasteiger charge is 2.21. The van der Waals surface area contributed by atoms with E-state index in [-0.39, 0.29) is 29.8 Å². The lowest BCUT2D eigenvalue weighted by Gasteiger charge is -2.25. The molecule has 0 bridgehead atoms. The molecule has 2 saturated heterocycles. The molecule has 5 aromatic rings. The van der Waals surface area contributed by atoms with E-state index in [1.807, 2.05) is 25.1 Å². The largest absolute Gasteiger partial charge is 0.478 e. The number of morpholine rings is 2. The first-order chi connectivity index (χ1) is 27.2. The molecule has 17 heteroatoms. The Bertz CT molecular complexity index is 2080. The zero-order chi connectivity index (χ0) is 39.4. The van der Waals surface area contributed by atoms with Crippen LogP contribution in [0.25, 0.3) is 5.69 Å². The Morgan fingerprint density at radius 2 is 1.43 bits per heavy atom. The Morgan fingerprint density at radius 1 is 0.839 bits per heavy atom. The summed E-state index contributed by atoms with van der Waals surface area (Å²) in [6.07, 6.45) is 4.24. The second kappa shape index (κ2) is 19.6. The molecule has 13 nitrogen and oxygen atoms in total. The monoisotopic (exact) mass is 809 g/mol. The average Bonchev–Trinajstić information content (AvgIpc) is 3.70. The van der Waals surface area contributed by atoms with Crippen LogP contribution in [-0.4, -0.2) is 79.2 Å². The highest BCUT2D eigenvalue weighted by Crippen LogP contribution is 2.31. The van der Waals surface area contributed by atoms with Crippen molar-refractivity contribution in [2.45, 2.75) is 25.7 Å². The predicted molar refractivity (Wildman–Crippen MR) is 208 cm³/mol. The van der Waals surface area contributed by atoms with Gasteiger partial charge in [0.1, 0.15) is 5.75 Å². The summed E-state index contributed by atoms with van der Waals surface area (Å²) in [7, 11) is 0. The quantitative estimate of drug-likeness (QED) is 0.109. The maximum Gasteiger partial charge on any atom is 0.387 e. The number of aromatic nitrogens is 3. The van der Waals surface area contributed by atoms with Crippen molar-refractivity contribution in [3.05, 3.63) is 124 Å². The molecular weight excluding hydrogens is 771 g/mol. The third kappa shape index (κ3) is 11.0. The molecule has 0 spiro atoms. The van der Waals surface area contributed by atoms with Crippen LogP contribution in [0.15, 0.2) is 91.4 Å². The minimum Gasteiger partial charge on any atom is -0.478 e. The number of pyridine rings is 1. The maximum absolute atomic E-state index is 12.6. The summed E-state index contributed by atoms with van der Waals surface area (Å²) in [5, 5.41) is 17.4. The van der Waals surface area contributed by atoms with Gasteiger partial charge in [-0.25, -0.2) is 9.67 Å². The molecule has 7 rings (SSSR count). The number of nitrogens with zero attached hydrogens (tertiary/aromatic N) is 3. The number of alkyl halides is 2. The predicted octanol–water partition coefficient (Wildman–Crippen LogP) is 7.09. The first-order valence-electron chi connectivity index (χ1n) is 17.7. The number of hydrogen-bond acceptors (Lipinski definition) is 10. The SMILES string of the molecule is CCOc1ccc(C(=O)Nc2ccc([C@H]3CNCCO3)c(Cl)c2)cn1.O=C(Nc1ccc([C@H]2CNCCO2)c(Cl)c1)c1cnn(-c2ccc(OC(F)F)cc2)c1. The standard InChI is InChI=1S/C21H19ClF2N4O3.C18H20ClN3O3/c22-18-9-14(1-6-17(18)19-11-25-7-8-30-19)27-20(29)13-10-26-28(12-13)15-2-4-16(5-3-15)31-21(23)24;1-2-24-17-6-3-12(10-21-17)18(23)22-13-4-5-14(15(19)9-13)16-11-20-7-8-25-16/h1-6,9-10,12,19,21,25H,7-8,11H2,(H,27,29);3-6,9-10,16,20H,2,7-8,11H2,1H3,(H,22,23)/t19-;16-/m11/s1. The molecule has 2 fully saturated rings. The number of carbonyl (C=O) groups excluding carboxylic acids is 2. The summed E-state index contributed by atoms with van der Waals surface area (Å²) in [6, 6.07) is 20.0. The third-order valence-corrected chi connectivity index (χ3v) is 9.18. The fraction of sp³-hybridized carbons (Fsp3) is 0.282. The second-order valence-corrected chi connectivity index (χ2v) is 13.2. The number of rotatable bonds is 11. The first-order valence-corrected chi connectivity index (χ1v) is 18.5. The minimum absolute atomic E-state index is 0.0404. The van der Waals surface area contributed by atoms with Gasteiger partial charge in [0.05, 0.1) is 55.0 Å². The van der Waals surface area contributed by atoms with Crippen LogP contribution in [0.2, 0.25) is 10.0 Å². The van der Waals surface area contributed by atoms with Gasteiger partial charge in [0.2, 0.25) is 5.88 Å². The van der Waals surface area contributed by atoms with E-state index in [1.54, 1.807) is 42.5 Å². The molecule has 4 N–H and O–H groups in total. The van der Waals surface area contributed by atoms with Gasteiger partial charge in [0, 0.05) is 77.2 Å². The molecule has 2 aliphatic rings. The molecular formula is C39H39Cl2F2N7O6. The van der Waals surface area contributed by atoms with Crippen LogP contribution in [0, 0.1) is 0 Å². The van der Waals surface area contributed by atoms with Crippen LogP contribution < -0.4 is 30.7 Å². The zero-order valence-corrected chi connectivity index (χ0v) is 31.7. The van der Waals surface area contributed by atoms with Crippen molar-refractivity contribution in [1.29, 1.82) is 0 Å². The summed E-state index contributed by atoms with van der Waals surface area (Å²) in [5.41, 5.74) is 4.30. The fourth-order valence-corrected chi connectivity index (χ4v) is 6.38. The van der Waals surface area contributed by atoms with Crippen LogP contribution >= 0.6 is 23.2 Å². The lowest BCUT2D eigenvalue weighted by Crippen LogP contribution is -2.33. The van der Waals surface area contributed by atoms with E-state index in [2.05, 4.69) is 36.1 Å². The molecule has 56 heavy (non-hydrogen) atoms. The van der Waals surface area contributed by atoms with Gasteiger partial charge in [-0.15, -0.1) is 0 Å². The van der Waals surface area contributed by atoms with Crippen molar-refractivity contribution in [3.63, 3.8) is 0 Å². The molecule has 2 aliphatic heterocycles. The normalized spacial score (nSPS) is 16.7. The van der Waals surface area contributed by atoms with Crippen LogP contribution in [0.1, 0.15) is 51.0 Å². The van der Waals surface area contributed by atoms with E-state index in [0.717, 1.165) is 30.8 Å². The van der Waals surface area contributed by atoms with Gasteiger partial charge in [-0.05, 0) is 61.5 Å².